The molecule has 26 heavy (non-hydrogen) atoms. The van der Waals surface area contributed by atoms with Crippen LogP contribution in [0.1, 0.15) is 22.3 Å². The topological polar surface area (TPSA) is 68.5 Å². The average molecular weight is 351 g/mol. The van der Waals surface area contributed by atoms with Crippen molar-refractivity contribution in [2.75, 3.05) is 11.9 Å². The number of aryl methyl sites for hydroxylation is 3. The molecule has 0 saturated heterocycles. The summed E-state index contributed by atoms with van der Waals surface area (Å²) in [6, 6.07) is 11.3. The molecule has 0 bridgehead atoms. The van der Waals surface area contributed by atoms with Crippen molar-refractivity contribution in [3.05, 3.63) is 64.9 Å². The molecule has 0 atom stereocenters. The van der Waals surface area contributed by atoms with Crippen LogP contribution in [0, 0.1) is 20.8 Å². The molecule has 0 aliphatic heterocycles. The van der Waals surface area contributed by atoms with Crippen molar-refractivity contribution < 1.29 is 18.7 Å². The van der Waals surface area contributed by atoms with Gasteiger partial charge in [0.2, 0.25) is 0 Å². The summed E-state index contributed by atoms with van der Waals surface area (Å²) in [6.45, 7) is 5.65. The smallest absolute Gasteiger partial charge is 0.310 e. The van der Waals surface area contributed by atoms with Gasteiger partial charge in [0.15, 0.2) is 6.61 Å². The van der Waals surface area contributed by atoms with Gasteiger partial charge in [0.1, 0.15) is 5.58 Å². The minimum Gasteiger partial charge on any atom is -0.464 e. The molecule has 0 unspecified atom stereocenters. The monoisotopic (exact) mass is 351 g/mol. The van der Waals surface area contributed by atoms with Crippen LogP contribution in [0.5, 0.6) is 0 Å². The lowest BCUT2D eigenvalue weighted by atomic mass is 10.0. The Morgan fingerprint density at radius 3 is 2.50 bits per heavy atom. The molecule has 134 valence electrons. The van der Waals surface area contributed by atoms with E-state index in [1.807, 2.05) is 45.0 Å². The van der Waals surface area contributed by atoms with Crippen LogP contribution in [0.15, 0.2) is 47.1 Å². The predicted molar refractivity (Wildman–Crippen MR) is 100 cm³/mol. The molecule has 0 spiro atoms. The molecule has 1 aromatic heterocycles. The van der Waals surface area contributed by atoms with Crippen LogP contribution in [0.2, 0.25) is 0 Å². The molecule has 1 amide bonds. The molecular weight excluding hydrogens is 330 g/mol. The van der Waals surface area contributed by atoms with Crippen LogP contribution < -0.4 is 5.32 Å². The van der Waals surface area contributed by atoms with Gasteiger partial charge < -0.3 is 14.5 Å². The zero-order valence-electron chi connectivity index (χ0n) is 15.1. The Labute approximate surface area is 152 Å². The Hall–Kier alpha value is -3.08. The first-order valence-corrected chi connectivity index (χ1v) is 8.42. The maximum absolute atomic E-state index is 12.1. The third-order valence-corrected chi connectivity index (χ3v) is 4.38. The van der Waals surface area contributed by atoms with Gasteiger partial charge in [0.25, 0.3) is 5.91 Å². The van der Waals surface area contributed by atoms with E-state index in [0.29, 0.717) is 5.69 Å². The fourth-order valence-corrected chi connectivity index (χ4v) is 2.71. The molecule has 3 rings (SSSR count). The number of esters is 1. The number of furan rings is 1. The fourth-order valence-electron chi connectivity index (χ4n) is 2.71. The second-order valence-corrected chi connectivity index (χ2v) is 6.40. The van der Waals surface area contributed by atoms with Gasteiger partial charge in [-0.25, -0.2) is 0 Å². The molecule has 0 saturated carbocycles. The van der Waals surface area contributed by atoms with Crippen LogP contribution in [0.3, 0.4) is 0 Å². The van der Waals surface area contributed by atoms with Gasteiger partial charge in [-0.1, -0.05) is 29.8 Å². The minimum absolute atomic E-state index is 0.0628. The van der Waals surface area contributed by atoms with Crippen LogP contribution in [0.25, 0.3) is 11.0 Å². The van der Waals surface area contributed by atoms with Gasteiger partial charge in [-0.15, -0.1) is 0 Å². The highest BCUT2D eigenvalue weighted by atomic mass is 16.5. The van der Waals surface area contributed by atoms with E-state index in [2.05, 4.69) is 5.32 Å². The molecule has 0 aliphatic carbocycles. The Morgan fingerprint density at radius 2 is 1.77 bits per heavy atom. The lowest BCUT2D eigenvalue weighted by Crippen LogP contribution is -2.21. The highest BCUT2D eigenvalue weighted by molar-refractivity contribution is 5.93. The quantitative estimate of drug-likeness (QED) is 0.703. The summed E-state index contributed by atoms with van der Waals surface area (Å²) in [5.74, 6) is -0.837. The SMILES string of the molecule is Cc1ccc(NC(=O)COC(=O)Cc2coc3c(C)c(C)ccc23)cc1. The molecule has 3 aromatic rings. The summed E-state index contributed by atoms with van der Waals surface area (Å²) >= 11 is 0. The maximum Gasteiger partial charge on any atom is 0.310 e. The summed E-state index contributed by atoms with van der Waals surface area (Å²) in [7, 11) is 0. The summed E-state index contributed by atoms with van der Waals surface area (Å²) < 4.78 is 10.7. The van der Waals surface area contributed by atoms with Crippen LogP contribution >= 0.6 is 0 Å². The number of amides is 1. The summed E-state index contributed by atoms with van der Waals surface area (Å²) in [4.78, 5) is 24.0. The van der Waals surface area contributed by atoms with E-state index in [4.69, 9.17) is 9.15 Å². The molecule has 1 N–H and O–H groups in total. The third-order valence-electron chi connectivity index (χ3n) is 4.38. The van der Waals surface area contributed by atoms with E-state index in [0.717, 1.165) is 33.2 Å². The van der Waals surface area contributed by atoms with Crippen molar-refractivity contribution in [2.45, 2.75) is 27.2 Å². The average Bonchev–Trinajstić information content (AvgIpc) is 3.02. The van der Waals surface area contributed by atoms with Crippen molar-refractivity contribution in [2.24, 2.45) is 0 Å². The van der Waals surface area contributed by atoms with E-state index >= 15 is 0 Å². The van der Waals surface area contributed by atoms with Gasteiger partial charge in [0, 0.05) is 16.6 Å². The first-order valence-electron chi connectivity index (χ1n) is 8.42. The highest BCUT2D eigenvalue weighted by Crippen LogP contribution is 2.26. The van der Waals surface area contributed by atoms with Gasteiger partial charge in [-0.05, 0) is 44.0 Å². The van der Waals surface area contributed by atoms with E-state index < -0.39 is 5.97 Å². The number of anilines is 1. The maximum atomic E-state index is 12.1. The zero-order chi connectivity index (χ0) is 18.7. The molecule has 5 nitrogen and oxygen atoms in total. The summed E-state index contributed by atoms with van der Waals surface area (Å²) in [6.07, 6.45) is 1.64. The van der Waals surface area contributed by atoms with E-state index in [9.17, 15) is 9.59 Å². The Bertz CT molecular complexity index is 954. The number of hydrogen-bond acceptors (Lipinski definition) is 4. The Kier molecular flexibility index (Phi) is 5.07. The third kappa shape index (κ3) is 3.94. The standard InChI is InChI=1S/C21H21NO4/c1-13-4-7-17(8-5-13)22-19(23)12-25-20(24)10-16-11-26-21-15(3)14(2)6-9-18(16)21/h4-9,11H,10,12H2,1-3H3,(H,22,23). The first-order chi connectivity index (χ1) is 12.4. The summed E-state index contributed by atoms with van der Waals surface area (Å²) in [5.41, 5.74) is 5.50. The normalized spacial score (nSPS) is 10.7. The second kappa shape index (κ2) is 7.44. The zero-order valence-corrected chi connectivity index (χ0v) is 15.1. The van der Waals surface area contributed by atoms with Crippen LogP contribution in [-0.4, -0.2) is 18.5 Å². The number of nitrogens with one attached hydrogen (secondary N) is 1. The number of fused-ring (bicyclic) bond motifs is 1. The fraction of sp³-hybridized carbons (Fsp3) is 0.238. The summed E-state index contributed by atoms with van der Waals surface area (Å²) in [5, 5.41) is 3.59. The van der Waals surface area contributed by atoms with Crippen molar-refractivity contribution in [1.29, 1.82) is 0 Å². The lowest BCUT2D eigenvalue weighted by molar-refractivity contribution is -0.146. The molecule has 0 fully saturated rings. The lowest BCUT2D eigenvalue weighted by Gasteiger charge is -2.07. The van der Waals surface area contributed by atoms with Crippen molar-refractivity contribution in [3.63, 3.8) is 0 Å². The number of benzene rings is 2. The predicted octanol–water partition coefficient (Wildman–Crippen LogP) is 4.08. The van der Waals surface area contributed by atoms with Crippen molar-refractivity contribution in [1.82, 2.24) is 0 Å². The molecule has 1 heterocycles. The molecule has 0 radical (unpaired) electrons. The largest absolute Gasteiger partial charge is 0.464 e. The number of rotatable bonds is 5. The Morgan fingerprint density at radius 1 is 1.04 bits per heavy atom. The second-order valence-electron chi connectivity index (χ2n) is 6.40. The highest BCUT2D eigenvalue weighted by Gasteiger charge is 2.14. The van der Waals surface area contributed by atoms with Crippen molar-refractivity contribution in [3.8, 4) is 0 Å². The van der Waals surface area contributed by atoms with Gasteiger partial charge >= 0.3 is 5.97 Å². The Balaban J connectivity index is 1.57. The number of carbonyl (C=O) groups is 2. The van der Waals surface area contributed by atoms with Crippen LogP contribution in [-0.2, 0) is 20.7 Å². The minimum atomic E-state index is -0.468. The number of hydrogen-bond donors (Lipinski definition) is 1. The van der Waals surface area contributed by atoms with Gasteiger partial charge in [-0.2, -0.15) is 0 Å². The number of ether oxygens (including phenoxy) is 1. The van der Waals surface area contributed by atoms with Gasteiger partial charge in [-0.3, -0.25) is 9.59 Å². The van der Waals surface area contributed by atoms with E-state index in [-0.39, 0.29) is 18.9 Å². The van der Waals surface area contributed by atoms with Gasteiger partial charge in [0.05, 0.1) is 12.7 Å². The van der Waals surface area contributed by atoms with E-state index in [1.54, 1.807) is 18.4 Å². The van der Waals surface area contributed by atoms with Crippen LogP contribution in [0.4, 0.5) is 5.69 Å². The number of carbonyl (C=O) groups excluding carboxylic acids is 2. The molecule has 0 aliphatic rings. The van der Waals surface area contributed by atoms with Crippen molar-refractivity contribution >= 4 is 28.5 Å². The molecule has 5 heteroatoms. The first kappa shape index (κ1) is 17.7. The van der Waals surface area contributed by atoms with E-state index in [1.165, 1.54) is 0 Å². The molecule has 2 aromatic carbocycles. The molecular formula is C21H21NO4.